The van der Waals surface area contributed by atoms with Crippen molar-refractivity contribution in [3.05, 3.63) is 76.2 Å². The quantitative estimate of drug-likeness (QED) is 0.417. The Hall–Kier alpha value is -3.16. The lowest BCUT2D eigenvalue weighted by atomic mass is 9.81. The molecule has 2 N–H and O–H groups in total. The SMILES string of the molecule is CCOC(=O)c1c(NC(=O)c2ccc(Oc3ccccc3)cc2)sc2c1CC(C)(C)NC2(C)C. The van der Waals surface area contributed by atoms with Crippen molar-refractivity contribution in [2.75, 3.05) is 11.9 Å². The number of nitrogens with one attached hydrogen (secondary N) is 2. The monoisotopic (exact) mass is 478 g/mol. The molecule has 0 saturated carbocycles. The molecule has 3 aromatic rings. The molecule has 0 unspecified atom stereocenters. The third kappa shape index (κ3) is 5.00. The largest absolute Gasteiger partial charge is 0.462 e. The summed E-state index contributed by atoms with van der Waals surface area (Å²) < 4.78 is 11.2. The van der Waals surface area contributed by atoms with E-state index >= 15 is 0 Å². The van der Waals surface area contributed by atoms with Gasteiger partial charge in [-0.15, -0.1) is 11.3 Å². The number of anilines is 1. The van der Waals surface area contributed by atoms with Crippen LogP contribution >= 0.6 is 11.3 Å². The second-order valence-corrected chi connectivity index (χ2v) is 10.6. The molecule has 0 saturated heterocycles. The van der Waals surface area contributed by atoms with E-state index in [1.807, 2.05) is 30.3 Å². The van der Waals surface area contributed by atoms with Crippen molar-refractivity contribution >= 4 is 28.2 Å². The zero-order valence-corrected chi connectivity index (χ0v) is 21.0. The lowest BCUT2D eigenvalue weighted by molar-refractivity contribution is 0.0525. The van der Waals surface area contributed by atoms with Gasteiger partial charge in [0.05, 0.1) is 12.2 Å². The number of hydrogen-bond donors (Lipinski definition) is 2. The molecule has 1 aliphatic heterocycles. The van der Waals surface area contributed by atoms with Crippen LogP contribution in [0.5, 0.6) is 11.5 Å². The molecule has 1 amide bonds. The lowest BCUT2D eigenvalue weighted by Crippen LogP contribution is -2.55. The highest BCUT2D eigenvalue weighted by atomic mass is 32.1. The van der Waals surface area contributed by atoms with Gasteiger partial charge in [-0.1, -0.05) is 18.2 Å². The molecule has 2 aromatic carbocycles. The van der Waals surface area contributed by atoms with Crippen LogP contribution < -0.4 is 15.4 Å². The van der Waals surface area contributed by atoms with Gasteiger partial charge < -0.3 is 20.1 Å². The zero-order chi connectivity index (χ0) is 24.5. The van der Waals surface area contributed by atoms with Gasteiger partial charge in [-0.05, 0) is 83.0 Å². The predicted octanol–water partition coefficient (Wildman–Crippen LogP) is 6.13. The predicted molar refractivity (Wildman–Crippen MR) is 135 cm³/mol. The molecular weight excluding hydrogens is 448 g/mol. The minimum Gasteiger partial charge on any atom is -0.462 e. The summed E-state index contributed by atoms with van der Waals surface area (Å²) in [5.41, 5.74) is 1.33. The summed E-state index contributed by atoms with van der Waals surface area (Å²) in [6, 6.07) is 16.4. The highest BCUT2D eigenvalue weighted by Gasteiger charge is 2.42. The number of benzene rings is 2. The van der Waals surface area contributed by atoms with Crippen molar-refractivity contribution in [2.24, 2.45) is 0 Å². The summed E-state index contributed by atoms with van der Waals surface area (Å²) in [4.78, 5) is 27.1. The van der Waals surface area contributed by atoms with Crippen molar-refractivity contribution in [3.63, 3.8) is 0 Å². The van der Waals surface area contributed by atoms with E-state index in [0.29, 0.717) is 28.3 Å². The Morgan fingerprint density at radius 3 is 2.29 bits per heavy atom. The van der Waals surface area contributed by atoms with Gasteiger partial charge in [-0.2, -0.15) is 0 Å². The molecule has 4 rings (SSSR count). The summed E-state index contributed by atoms with van der Waals surface area (Å²) in [6.45, 7) is 10.5. The van der Waals surface area contributed by atoms with Crippen LogP contribution in [-0.4, -0.2) is 24.0 Å². The fourth-order valence-electron chi connectivity index (χ4n) is 4.51. The van der Waals surface area contributed by atoms with Crippen LogP contribution in [0.2, 0.25) is 0 Å². The number of carbonyl (C=O) groups excluding carboxylic acids is 2. The average Bonchev–Trinajstić information content (AvgIpc) is 3.12. The molecule has 2 heterocycles. The third-order valence-electron chi connectivity index (χ3n) is 5.65. The number of carbonyl (C=O) groups is 2. The molecule has 0 spiro atoms. The molecule has 0 fully saturated rings. The van der Waals surface area contributed by atoms with Crippen LogP contribution in [0.25, 0.3) is 0 Å². The standard InChI is InChI=1S/C27H30N2O4S/c1-6-32-25(31)21-20-16-26(2,3)29-27(4,5)22(20)34-24(21)28-23(30)17-12-14-19(15-13-17)33-18-10-8-7-9-11-18/h7-15,29H,6,16H2,1-5H3,(H,28,30). The summed E-state index contributed by atoms with van der Waals surface area (Å²) in [6.07, 6.45) is 0.664. The van der Waals surface area contributed by atoms with Gasteiger partial charge in [-0.25, -0.2) is 4.79 Å². The molecule has 0 atom stereocenters. The summed E-state index contributed by atoms with van der Waals surface area (Å²) in [5, 5.41) is 7.13. The molecular formula is C27H30N2O4S. The Balaban J connectivity index is 1.61. The Bertz CT molecular complexity index is 1200. The fourth-order valence-corrected chi connectivity index (χ4v) is 5.77. The molecule has 178 valence electrons. The normalized spacial score (nSPS) is 15.8. The maximum absolute atomic E-state index is 13.1. The van der Waals surface area contributed by atoms with E-state index in [0.717, 1.165) is 16.2 Å². The first-order chi connectivity index (χ1) is 16.1. The summed E-state index contributed by atoms with van der Waals surface area (Å²) >= 11 is 1.43. The molecule has 7 heteroatoms. The number of thiophene rings is 1. The summed E-state index contributed by atoms with van der Waals surface area (Å²) in [5.74, 6) is 0.662. The number of fused-ring (bicyclic) bond motifs is 1. The molecule has 0 bridgehead atoms. The molecule has 34 heavy (non-hydrogen) atoms. The number of rotatable bonds is 6. The van der Waals surface area contributed by atoms with Gasteiger partial charge in [0.1, 0.15) is 16.5 Å². The van der Waals surface area contributed by atoms with Crippen LogP contribution in [0.3, 0.4) is 0 Å². The smallest absolute Gasteiger partial charge is 0.341 e. The van der Waals surface area contributed by atoms with E-state index in [1.54, 1.807) is 31.2 Å². The topological polar surface area (TPSA) is 76.7 Å². The number of amides is 1. The first-order valence-electron chi connectivity index (χ1n) is 11.4. The van der Waals surface area contributed by atoms with E-state index in [4.69, 9.17) is 9.47 Å². The Morgan fingerprint density at radius 2 is 1.65 bits per heavy atom. The Morgan fingerprint density at radius 1 is 1.00 bits per heavy atom. The molecule has 1 aliphatic rings. The Kier molecular flexibility index (Phi) is 6.51. The van der Waals surface area contributed by atoms with Gasteiger partial charge in [0.2, 0.25) is 0 Å². The number of hydrogen-bond acceptors (Lipinski definition) is 6. The van der Waals surface area contributed by atoms with Gasteiger partial charge in [0.25, 0.3) is 5.91 Å². The lowest BCUT2D eigenvalue weighted by Gasteiger charge is -2.42. The molecule has 1 aromatic heterocycles. The van der Waals surface area contributed by atoms with Crippen LogP contribution in [0.15, 0.2) is 54.6 Å². The first-order valence-corrected chi connectivity index (χ1v) is 12.2. The van der Waals surface area contributed by atoms with Crippen molar-refractivity contribution in [1.29, 1.82) is 0 Å². The van der Waals surface area contributed by atoms with E-state index in [9.17, 15) is 9.59 Å². The molecule has 0 radical (unpaired) electrons. The first kappa shape index (κ1) is 24.0. The maximum atomic E-state index is 13.1. The van der Waals surface area contributed by atoms with Gasteiger partial charge in [0, 0.05) is 21.5 Å². The van der Waals surface area contributed by atoms with Gasteiger partial charge in [-0.3, -0.25) is 4.79 Å². The van der Waals surface area contributed by atoms with Gasteiger partial charge >= 0.3 is 5.97 Å². The number of ether oxygens (including phenoxy) is 2. The van der Waals surface area contributed by atoms with E-state index in [2.05, 4.69) is 38.3 Å². The molecule has 6 nitrogen and oxygen atoms in total. The summed E-state index contributed by atoms with van der Waals surface area (Å²) in [7, 11) is 0. The number of para-hydroxylation sites is 1. The third-order valence-corrected chi connectivity index (χ3v) is 7.12. The van der Waals surface area contributed by atoms with Crippen molar-refractivity contribution in [3.8, 4) is 11.5 Å². The van der Waals surface area contributed by atoms with Crippen molar-refractivity contribution in [2.45, 2.75) is 52.1 Å². The fraction of sp³-hybridized carbons (Fsp3) is 0.333. The van der Waals surface area contributed by atoms with Crippen molar-refractivity contribution < 1.29 is 19.1 Å². The van der Waals surface area contributed by atoms with Crippen LogP contribution in [0, 0.1) is 0 Å². The highest BCUT2D eigenvalue weighted by molar-refractivity contribution is 7.17. The van der Waals surface area contributed by atoms with E-state index in [-0.39, 0.29) is 23.6 Å². The number of esters is 1. The van der Waals surface area contributed by atoms with Crippen LogP contribution in [-0.2, 0) is 16.7 Å². The van der Waals surface area contributed by atoms with E-state index < -0.39 is 5.97 Å². The molecule has 0 aliphatic carbocycles. The van der Waals surface area contributed by atoms with Crippen LogP contribution in [0.4, 0.5) is 5.00 Å². The highest BCUT2D eigenvalue weighted by Crippen LogP contribution is 2.45. The Labute approximate surface area is 204 Å². The minimum atomic E-state index is -0.407. The van der Waals surface area contributed by atoms with Crippen molar-refractivity contribution in [1.82, 2.24) is 5.32 Å². The maximum Gasteiger partial charge on any atom is 0.341 e. The second kappa shape index (κ2) is 9.24. The van der Waals surface area contributed by atoms with Gasteiger partial charge in [0.15, 0.2) is 0 Å². The van der Waals surface area contributed by atoms with E-state index in [1.165, 1.54) is 11.3 Å². The minimum absolute atomic E-state index is 0.200. The zero-order valence-electron chi connectivity index (χ0n) is 20.2. The second-order valence-electron chi connectivity index (χ2n) is 9.54. The van der Waals surface area contributed by atoms with Crippen LogP contribution in [0.1, 0.15) is 65.8 Å². The average molecular weight is 479 g/mol.